The molecule has 1 aliphatic carbocycles. The molecule has 4 heteroatoms. The summed E-state index contributed by atoms with van der Waals surface area (Å²) >= 11 is 0. The Balaban J connectivity index is 1.73. The molecular formula is C10H19N3O. The molecule has 0 radical (unpaired) electrons. The van der Waals surface area contributed by atoms with Crippen LogP contribution in [0.2, 0.25) is 0 Å². The lowest BCUT2D eigenvalue weighted by Gasteiger charge is -2.25. The van der Waals surface area contributed by atoms with Crippen molar-refractivity contribution >= 4 is 5.91 Å². The van der Waals surface area contributed by atoms with Gasteiger partial charge in [0.1, 0.15) is 0 Å². The van der Waals surface area contributed by atoms with Gasteiger partial charge in [0.05, 0.1) is 6.54 Å². The standard InChI is InChI=1S/C10H19N3O/c11-3-4-12-10(14)7-13-6-8-1-2-9(13)5-8/h8-9H,1-7,11H2,(H,12,14). The molecule has 2 unspecified atom stereocenters. The number of fused-ring (bicyclic) bond motifs is 2. The van der Waals surface area contributed by atoms with Crippen LogP contribution >= 0.6 is 0 Å². The Kier molecular flexibility index (Phi) is 3.03. The molecule has 2 aliphatic rings. The lowest BCUT2D eigenvalue weighted by atomic mass is 10.1. The third kappa shape index (κ3) is 2.07. The van der Waals surface area contributed by atoms with E-state index in [0.717, 1.165) is 12.5 Å². The molecule has 1 saturated carbocycles. The molecule has 1 heterocycles. The molecule has 0 aromatic carbocycles. The van der Waals surface area contributed by atoms with Gasteiger partial charge in [-0.15, -0.1) is 0 Å². The summed E-state index contributed by atoms with van der Waals surface area (Å²) in [6.07, 6.45) is 3.96. The average molecular weight is 197 g/mol. The van der Waals surface area contributed by atoms with E-state index in [2.05, 4.69) is 10.2 Å². The molecule has 2 bridgehead atoms. The molecule has 1 saturated heterocycles. The zero-order chi connectivity index (χ0) is 9.97. The highest BCUT2D eigenvalue weighted by atomic mass is 16.2. The van der Waals surface area contributed by atoms with Gasteiger partial charge in [-0.25, -0.2) is 0 Å². The maximum Gasteiger partial charge on any atom is 0.234 e. The van der Waals surface area contributed by atoms with Crippen LogP contribution in [-0.2, 0) is 4.79 Å². The van der Waals surface area contributed by atoms with Gasteiger partial charge in [0, 0.05) is 25.7 Å². The van der Waals surface area contributed by atoms with Crippen molar-refractivity contribution in [2.24, 2.45) is 11.7 Å². The number of nitrogens with one attached hydrogen (secondary N) is 1. The van der Waals surface area contributed by atoms with E-state index in [1.165, 1.54) is 19.3 Å². The second-order valence-corrected chi connectivity index (χ2v) is 4.40. The highest BCUT2D eigenvalue weighted by molar-refractivity contribution is 5.78. The van der Waals surface area contributed by atoms with Crippen LogP contribution in [0.1, 0.15) is 19.3 Å². The summed E-state index contributed by atoms with van der Waals surface area (Å²) in [6, 6.07) is 0.684. The number of nitrogens with zero attached hydrogens (tertiary/aromatic N) is 1. The first-order valence-corrected chi connectivity index (χ1v) is 5.50. The Morgan fingerprint density at radius 3 is 2.93 bits per heavy atom. The van der Waals surface area contributed by atoms with E-state index in [1.54, 1.807) is 0 Å². The number of carbonyl (C=O) groups is 1. The van der Waals surface area contributed by atoms with E-state index in [0.29, 0.717) is 25.7 Å². The summed E-state index contributed by atoms with van der Waals surface area (Å²) < 4.78 is 0. The fourth-order valence-electron chi connectivity index (χ4n) is 2.67. The molecule has 80 valence electrons. The zero-order valence-corrected chi connectivity index (χ0v) is 8.54. The van der Waals surface area contributed by atoms with Crippen LogP contribution in [0.25, 0.3) is 0 Å². The largest absolute Gasteiger partial charge is 0.354 e. The quantitative estimate of drug-likeness (QED) is 0.641. The summed E-state index contributed by atoms with van der Waals surface area (Å²) in [4.78, 5) is 13.7. The third-order valence-electron chi connectivity index (χ3n) is 3.34. The number of nitrogens with two attached hydrogens (primary N) is 1. The summed E-state index contributed by atoms with van der Waals surface area (Å²) in [6.45, 7) is 2.82. The Morgan fingerprint density at radius 2 is 2.36 bits per heavy atom. The number of piperidine rings is 1. The summed E-state index contributed by atoms with van der Waals surface area (Å²) in [7, 11) is 0. The number of amides is 1. The van der Waals surface area contributed by atoms with Crippen LogP contribution in [0.3, 0.4) is 0 Å². The molecule has 0 aromatic heterocycles. The molecule has 2 fully saturated rings. The number of hydrogen-bond acceptors (Lipinski definition) is 3. The van der Waals surface area contributed by atoms with Crippen LogP contribution in [-0.4, -0.2) is 43.0 Å². The first-order valence-electron chi connectivity index (χ1n) is 5.50. The van der Waals surface area contributed by atoms with Crippen molar-refractivity contribution in [2.45, 2.75) is 25.3 Å². The van der Waals surface area contributed by atoms with Crippen LogP contribution in [0, 0.1) is 5.92 Å². The van der Waals surface area contributed by atoms with Crippen LogP contribution < -0.4 is 11.1 Å². The molecule has 3 N–H and O–H groups in total. The van der Waals surface area contributed by atoms with E-state index in [4.69, 9.17) is 5.73 Å². The first-order chi connectivity index (χ1) is 6.79. The third-order valence-corrected chi connectivity index (χ3v) is 3.34. The fraction of sp³-hybridized carbons (Fsp3) is 0.900. The van der Waals surface area contributed by atoms with E-state index < -0.39 is 0 Å². The fourth-order valence-corrected chi connectivity index (χ4v) is 2.67. The van der Waals surface area contributed by atoms with E-state index in [1.807, 2.05) is 0 Å². The van der Waals surface area contributed by atoms with E-state index in [-0.39, 0.29) is 5.91 Å². The van der Waals surface area contributed by atoms with Crippen LogP contribution in [0.5, 0.6) is 0 Å². The average Bonchev–Trinajstić information content (AvgIpc) is 2.76. The van der Waals surface area contributed by atoms with Gasteiger partial charge in [-0.05, 0) is 25.2 Å². The highest BCUT2D eigenvalue weighted by Crippen LogP contribution is 2.36. The van der Waals surface area contributed by atoms with Crippen LogP contribution in [0.4, 0.5) is 0 Å². The topological polar surface area (TPSA) is 58.4 Å². The van der Waals surface area contributed by atoms with E-state index in [9.17, 15) is 4.79 Å². The van der Waals surface area contributed by atoms with Gasteiger partial charge < -0.3 is 11.1 Å². The van der Waals surface area contributed by atoms with Crippen molar-refractivity contribution in [2.75, 3.05) is 26.2 Å². The molecule has 0 spiro atoms. The zero-order valence-electron chi connectivity index (χ0n) is 8.54. The normalized spacial score (nSPS) is 30.9. The van der Waals surface area contributed by atoms with Crippen molar-refractivity contribution in [1.82, 2.24) is 10.2 Å². The summed E-state index contributed by atoms with van der Waals surface area (Å²) in [5, 5.41) is 2.81. The maximum atomic E-state index is 11.4. The minimum Gasteiger partial charge on any atom is -0.354 e. The Labute approximate surface area is 84.8 Å². The first kappa shape index (κ1) is 9.93. The van der Waals surface area contributed by atoms with Crippen molar-refractivity contribution in [3.63, 3.8) is 0 Å². The Bertz CT molecular complexity index is 219. The molecule has 4 nitrogen and oxygen atoms in total. The Morgan fingerprint density at radius 1 is 1.50 bits per heavy atom. The number of hydrogen-bond donors (Lipinski definition) is 2. The molecule has 0 aromatic rings. The van der Waals surface area contributed by atoms with Gasteiger partial charge >= 0.3 is 0 Å². The predicted molar refractivity (Wildman–Crippen MR) is 54.8 cm³/mol. The Hall–Kier alpha value is -0.610. The smallest absolute Gasteiger partial charge is 0.234 e. The number of carbonyl (C=O) groups excluding carboxylic acids is 1. The van der Waals surface area contributed by atoms with Crippen molar-refractivity contribution in [3.8, 4) is 0 Å². The lowest BCUT2D eigenvalue weighted by Crippen LogP contribution is -2.42. The van der Waals surface area contributed by atoms with Gasteiger partial charge in [0.25, 0.3) is 0 Å². The minimum absolute atomic E-state index is 0.128. The second-order valence-electron chi connectivity index (χ2n) is 4.40. The van der Waals surface area contributed by atoms with E-state index >= 15 is 0 Å². The van der Waals surface area contributed by atoms with Gasteiger partial charge in [-0.1, -0.05) is 0 Å². The SMILES string of the molecule is NCCNC(=O)CN1CC2CCC1C2. The highest BCUT2D eigenvalue weighted by Gasteiger charge is 2.38. The predicted octanol–water partition coefficient (Wildman–Crippen LogP) is -0.454. The van der Waals surface area contributed by atoms with Gasteiger partial charge in [-0.2, -0.15) is 0 Å². The van der Waals surface area contributed by atoms with Gasteiger partial charge in [0.15, 0.2) is 0 Å². The lowest BCUT2D eigenvalue weighted by molar-refractivity contribution is -0.122. The molecule has 14 heavy (non-hydrogen) atoms. The maximum absolute atomic E-state index is 11.4. The molecule has 2 rings (SSSR count). The number of likely N-dealkylation sites (tertiary alicyclic amines) is 1. The molecule has 1 aliphatic heterocycles. The summed E-state index contributed by atoms with van der Waals surface area (Å²) in [5.74, 6) is 0.991. The van der Waals surface area contributed by atoms with Gasteiger partial charge in [0.2, 0.25) is 5.91 Å². The second kappa shape index (κ2) is 4.28. The van der Waals surface area contributed by atoms with Crippen molar-refractivity contribution < 1.29 is 4.79 Å². The van der Waals surface area contributed by atoms with Gasteiger partial charge in [-0.3, -0.25) is 9.69 Å². The summed E-state index contributed by atoms with van der Waals surface area (Å²) in [5.41, 5.74) is 5.32. The monoisotopic (exact) mass is 197 g/mol. The number of rotatable bonds is 4. The minimum atomic E-state index is 0.128. The van der Waals surface area contributed by atoms with Crippen molar-refractivity contribution in [3.05, 3.63) is 0 Å². The molecular weight excluding hydrogens is 178 g/mol. The molecule has 2 atom stereocenters. The van der Waals surface area contributed by atoms with Crippen molar-refractivity contribution in [1.29, 1.82) is 0 Å². The van der Waals surface area contributed by atoms with Crippen LogP contribution in [0.15, 0.2) is 0 Å². The molecule has 1 amide bonds.